The highest BCUT2D eigenvalue weighted by Gasteiger charge is 2.10. The molecule has 15 heavy (non-hydrogen) atoms. The lowest BCUT2D eigenvalue weighted by atomic mass is 9.98. The molecule has 0 aliphatic rings. The van der Waals surface area contributed by atoms with Gasteiger partial charge in [0.15, 0.2) is 0 Å². The van der Waals surface area contributed by atoms with Crippen LogP contribution in [-0.2, 0) is 7.05 Å². The van der Waals surface area contributed by atoms with Crippen LogP contribution in [0.4, 0.5) is 5.82 Å². The number of rotatable bonds is 6. The number of hydrogen-bond acceptors (Lipinski definition) is 2. The zero-order valence-electron chi connectivity index (χ0n) is 10.3. The number of hydrogen-bond donors (Lipinski definition) is 1. The molecule has 0 fully saturated rings. The van der Waals surface area contributed by atoms with E-state index in [9.17, 15) is 0 Å². The standard InChI is InChI=1S/C12H23N3/c1-5-10(3)9-11(6-2)13-12-7-8-15(4)14-12/h7-8,10-11H,5-6,9H2,1-4H3,(H,13,14)/t10-,11-/m1/s1. The molecular formula is C12H23N3. The number of nitrogens with one attached hydrogen (secondary N) is 1. The molecule has 1 aromatic rings. The fourth-order valence-corrected chi connectivity index (χ4v) is 1.68. The minimum atomic E-state index is 0.551. The van der Waals surface area contributed by atoms with Crippen molar-refractivity contribution in [3.63, 3.8) is 0 Å². The van der Waals surface area contributed by atoms with Crippen molar-refractivity contribution in [3.8, 4) is 0 Å². The van der Waals surface area contributed by atoms with Gasteiger partial charge in [0.1, 0.15) is 5.82 Å². The minimum absolute atomic E-state index is 0.551. The number of aryl methyl sites for hydroxylation is 1. The van der Waals surface area contributed by atoms with Crippen LogP contribution in [0.5, 0.6) is 0 Å². The van der Waals surface area contributed by atoms with Crippen LogP contribution in [0.2, 0.25) is 0 Å². The van der Waals surface area contributed by atoms with Gasteiger partial charge in [-0.15, -0.1) is 0 Å². The van der Waals surface area contributed by atoms with Crippen molar-refractivity contribution < 1.29 is 0 Å². The van der Waals surface area contributed by atoms with Crippen molar-refractivity contribution in [1.82, 2.24) is 9.78 Å². The van der Waals surface area contributed by atoms with Gasteiger partial charge in [0, 0.05) is 25.4 Å². The molecule has 0 amide bonds. The van der Waals surface area contributed by atoms with Crippen LogP contribution in [0.25, 0.3) is 0 Å². The Kier molecular flexibility index (Phi) is 4.66. The van der Waals surface area contributed by atoms with Gasteiger partial charge >= 0.3 is 0 Å². The lowest BCUT2D eigenvalue weighted by Crippen LogP contribution is -2.21. The summed E-state index contributed by atoms with van der Waals surface area (Å²) in [7, 11) is 1.95. The Labute approximate surface area is 92.9 Å². The van der Waals surface area contributed by atoms with E-state index in [0.29, 0.717) is 6.04 Å². The summed E-state index contributed by atoms with van der Waals surface area (Å²) in [6.07, 6.45) is 5.60. The summed E-state index contributed by atoms with van der Waals surface area (Å²) in [5, 5.41) is 7.82. The van der Waals surface area contributed by atoms with Crippen molar-refractivity contribution in [2.45, 2.75) is 46.1 Å². The van der Waals surface area contributed by atoms with E-state index in [-0.39, 0.29) is 0 Å². The highest BCUT2D eigenvalue weighted by atomic mass is 15.3. The van der Waals surface area contributed by atoms with Gasteiger partial charge < -0.3 is 5.32 Å². The predicted molar refractivity (Wildman–Crippen MR) is 65.0 cm³/mol. The molecular weight excluding hydrogens is 186 g/mol. The zero-order chi connectivity index (χ0) is 11.3. The van der Waals surface area contributed by atoms with Crippen molar-refractivity contribution in [2.24, 2.45) is 13.0 Å². The molecule has 3 nitrogen and oxygen atoms in total. The average molecular weight is 209 g/mol. The summed E-state index contributed by atoms with van der Waals surface area (Å²) < 4.78 is 1.83. The number of anilines is 1. The SMILES string of the molecule is CC[C@@H](C)C[C@@H](CC)Nc1ccn(C)n1. The lowest BCUT2D eigenvalue weighted by Gasteiger charge is -2.19. The Balaban J connectivity index is 2.46. The maximum Gasteiger partial charge on any atom is 0.148 e. The molecule has 3 heteroatoms. The molecule has 1 aromatic heterocycles. The topological polar surface area (TPSA) is 29.9 Å². The van der Waals surface area contributed by atoms with Crippen LogP contribution in [-0.4, -0.2) is 15.8 Å². The van der Waals surface area contributed by atoms with Gasteiger partial charge in [0.05, 0.1) is 0 Å². The van der Waals surface area contributed by atoms with Crippen molar-refractivity contribution in [3.05, 3.63) is 12.3 Å². The van der Waals surface area contributed by atoms with Gasteiger partial charge in [-0.05, 0) is 18.8 Å². The molecule has 1 N–H and O–H groups in total. The number of aromatic nitrogens is 2. The van der Waals surface area contributed by atoms with Crippen LogP contribution in [0.1, 0.15) is 40.0 Å². The first kappa shape index (κ1) is 12.1. The van der Waals surface area contributed by atoms with E-state index in [1.54, 1.807) is 0 Å². The summed E-state index contributed by atoms with van der Waals surface area (Å²) in [4.78, 5) is 0. The van der Waals surface area contributed by atoms with Gasteiger partial charge in [0.25, 0.3) is 0 Å². The van der Waals surface area contributed by atoms with Crippen LogP contribution in [0.3, 0.4) is 0 Å². The molecule has 86 valence electrons. The molecule has 0 radical (unpaired) electrons. The molecule has 0 saturated carbocycles. The quantitative estimate of drug-likeness (QED) is 0.780. The summed E-state index contributed by atoms with van der Waals surface area (Å²) in [5.41, 5.74) is 0. The molecule has 1 rings (SSSR count). The fraction of sp³-hybridized carbons (Fsp3) is 0.750. The Morgan fingerprint density at radius 2 is 2.13 bits per heavy atom. The highest BCUT2D eigenvalue weighted by molar-refractivity contribution is 5.33. The maximum atomic E-state index is 4.34. The maximum absolute atomic E-state index is 4.34. The minimum Gasteiger partial charge on any atom is -0.366 e. The third-order valence-electron chi connectivity index (χ3n) is 2.94. The van der Waals surface area contributed by atoms with Crippen LogP contribution >= 0.6 is 0 Å². The second kappa shape index (κ2) is 5.79. The molecule has 0 unspecified atom stereocenters. The largest absolute Gasteiger partial charge is 0.366 e. The lowest BCUT2D eigenvalue weighted by molar-refractivity contribution is 0.461. The Morgan fingerprint density at radius 3 is 2.60 bits per heavy atom. The second-order valence-corrected chi connectivity index (χ2v) is 4.37. The second-order valence-electron chi connectivity index (χ2n) is 4.37. The Morgan fingerprint density at radius 1 is 1.40 bits per heavy atom. The smallest absolute Gasteiger partial charge is 0.148 e. The van der Waals surface area contributed by atoms with E-state index < -0.39 is 0 Å². The first-order valence-electron chi connectivity index (χ1n) is 5.91. The normalized spacial score (nSPS) is 14.9. The molecule has 2 atom stereocenters. The Hall–Kier alpha value is -0.990. The highest BCUT2D eigenvalue weighted by Crippen LogP contribution is 2.15. The fourth-order valence-electron chi connectivity index (χ4n) is 1.68. The van der Waals surface area contributed by atoms with Crippen molar-refractivity contribution in [2.75, 3.05) is 5.32 Å². The molecule has 0 aliphatic heterocycles. The molecule has 0 aliphatic carbocycles. The van der Waals surface area contributed by atoms with Crippen molar-refractivity contribution in [1.29, 1.82) is 0 Å². The van der Waals surface area contributed by atoms with E-state index in [0.717, 1.165) is 18.2 Å². The zero-order valence-corrected chi connectivity index (χ0v) is 10.3. The molecule has 0 aromatic carbocycles. The van der Waals surface area contributed by atoms with Gasteiger partial charge in [-0.1, -0.05) is 27.2 Å². The third kappa shape index (κ3) is 3.94. The van der Waals surface area contributed by atoms with Crippen LogP contribution in [0.15, 0.2) is 12.3 Å². The number of nitrogens with zero attached hydrogens (tertiary/aromatic N) is 2. The van der Waals surface area contributed by atoms with E-state index in [4.69, 9.17) is 0 Å². The van der Waals surface area contributed by atoms with Gasteiger partial charge in [0.2, 0.25) is 0 Å². The van der Waals surface area contributed by atoms with Gasteiger partial charge in [-0.3, -0.25) is 4.68 Å². The van der Waals surface area contributed by atoms with Crippen LogP contribution in [0, 0.1) is 5.92 Å². The van der Waals surface area contributed by atoms with E-state index >= 15 is 0 Å². The predicted octanol–water partition coefficient (Wildman–Crippen LogP) is 3.05. The molecule has 0 bridgehead atoms. The monoisotopic (exact) mass is 209 g/mol. The van der Waals surface area contributed by atoms with Crippen molar-refractivity contribution >= 4 is 5.82 Å². The van der Waals surface area contributed by atoms with E-state index in [1.165, 1.54) is 12.8 Å². The Bertz CT molecular complexity index is 280. The average Bonchev–Trinajstić information content (AvgIpc) is 2.62. The summed E-state index contributed by atoms with van der Waals surface area (Å²) in [6.45, 7) is 6.78. The molecule has 0 spiro atoms. The van der Waals surface area contributed by atoms with Crippen LogP contribution < -0.4 is 5.32 Å². The van der Waals surface area contributed by atoms with Gasteiger partial charge in [-0.25, -0.2) is 0 Å². The summed E-state index contributed by atoms with van der Waals surface area (Å²) >= 11 is 0. The summed E-state index contributed by atoms with van der Waals surface area (Å²) in [6, 6.07) is 2.58. The first-order chi connectivity index (χ1) is 7.15. The van der Waals surface area contributed by atoms with Gasteiger partial charge in [-0.2, -0.15) is 5.10 Å². The molecule has 1 heterocycles. The summed E-state index contributed by atoms with van der Waals surface area (Å²) in [5.74, 6) is 1.78. The first-order valence-corrected chi connectivity index (χ1v) is 5.91. The van der Waals surface area contributed by atoms with E-state index in [1.807, 2.05) is 24.0 Å². The van der Waals surface area contributed by atoms with E-state index in [2.05, 4.69) is 31.2 Å². The molecule has 0 saturated heterocycles. The third-order valence-corrected chi connectivity index (χ3v) is 2.94.